The van der Waals surface area contributed by atoms with E-state index in [2.05, 4.69) is 30.0 Å². The number of fused-ring (bicyclic) bond motifs is 1. The zero-order chi connectivity index (χ0) is 33.4. The molecule has 1 unspecified atom stereocenters. The molecule has 5 rings (SSSR count). The van der Waals surface area contributed by atoms with Crippen molar-refractivity contribution < 1.29 is 46.3 Å². The van der Waals surface area contributed by atoms with Crippen molar-refractivity contribution in [2.75, 3.05) is 17.7 Å². The number of carbonyl (C=O) groups excluding carboxylic acids is 2. The third kappa shape index (κ3) is 7.26. The highest BCUT2D eigenvalue weighted by Crippen LogP contribution is 2.33. The number of carboxylic acids is 1. The summed E-state index contributed by atoms with van der Waals surface area (Å²) in [7, 11) is -5.02. The number of pyridine rings is 1. The van der Waals surface area contributed by atoms with Gasteiger partial charge in [-0.05, 0) is 57.0 Å². The number of amides is 2. The highest BCUT2D eigenvalue weighted by atomic mass is 32.3. The van der Waals surface area contributed by atoms with Crippen molar-refractivity contribution in [1.82, 2.24) is 20.3 Å². The first-order valence-electron chi connectivity index (χ1n) is 13.7. The van der Waals surface area contributed by atoms with Crippen molar-refractivity contribution >= 4 is 67.1 Å². The fourth-order valence-electron chi connectivity index (χ4n) is 4.72. The van der Waals surface area contributed by atoms with Gasteiger partial charge in [-0.3, -0.25) is 14.1 Å². The van der Waals surface area contributed by atoms with Crippen LogP contribution in [0.15, 0.2) is 40.9 Å². The fourth-order valence-corrected chi connectivity index (χ4v) is 5.72. The van der Waals surface area contributed by atoms with E-state index in [1.54, 1.807) is 18.2 Å². The molecule has 1 aliphatic carbocycles. The number of nitrogens with two attached hydrogens (primary N) is 2. The zero-order valence-electron chi connectivity index (χ0n) is 24.3. The number of β-lactam (4-membered cyclic amide) rings is 1. The Labute approximate surface area is 265 Å². The molecule has 18 nitrogen and oxygen atoms in total. The smallest absolute Gasteiger partial charge is 0.418 e. The van der Waals surface area contributed by atoms with E-state index in [1.165, 1.54) is 19.2 Å². The van der Waals surface area contributed by atoms with Gasteiger partial charge in [0, 0.05) is 22.8 Å². The monoisotopic (exact) mass is 678 g/mol. The number of benzene rings is 1. The Kier molecular flexibility index (Phi) is 9.00. The van der Waals surface area contributed by atoms with Crippen molar-refractivity contribution in [3.8, 4) is 5.75 Å². The molecule has 8 N–H and O–H groups in total. The number of aromatic nitrogens is 2. The zero-order valence-corrected chi connectivity index (χ0v) is 25.9. The first-order valence-corrected chi connectivity index (χ1v) is 15.9. The van der Waals surface area contributed by atoms with Crippen LogP contribution in [-0.2, 0) is 33.9 Å². The van der Waals surface area contributed by atoms with Crippen LogP contribution in [0.3, 0.4) is 0 Å². The number of hydrogen-bond acceptors (Lipinski definition) is 15. The quantitative estimate of drug-likeness (QED) is 0.0613. The molecule has 2 amide bonds. The highest BCUT2D eigenvalue weighted by molar-refractivity contribution is 7.80. The van der Waals surface area contributed by atoms with E-state index < -0.39 is 58.2 Å². The average Bonchev–Trinajstić information content (AvgIpc) is 3.40. The van der Waals surface area contributed by atoms with Crippen molar-refractivity contribution in [3.63, 3.8) is 0 Å². The maximum Gasteiger partial charge on any atom is 0.418 e. The molecule has 2 aromatic heterocycles. The lowest BCUT2D eigenvalue weighted by Crippen LogP contribution is -2.76. The maximum atomic E-state index is 13.2. The fraction of sp³-hybridized carbons (Fsp3) is 0.385. The lowest BCUT2D eigenvalue weighted by Gasteiger charge is -2.50. The van der Waals surface area contributed by atoms with Crippen molar-refractivity contribution in [2.45, 2.75) is 56.5 Å². The van der Waals surface area contributed by atoms with Gasteiger partial charge in [0.2, 0.25) is 0 Å². The van der Waals surface area contributed by atoms with Gasteiger partial charge in [-0.1, -0.05) is 5.16 Å². The number of hydrogen-bond donors (Lipinski definition) is 6. The van der Waals surface area contributed by atoms with Gasteiger partial charge in [0.05, 0.1) is 11.1 Å². The second kappa shape index (κ2) is 12.6. The molecule has 46 heavy (non-hydrogen) atoms. The number of nitrogens with one attached hydrogen (secondary N) is 2. The molecule has 0 radical (unpaired) electrons. The molecule has 20 heteroatoms. The number of carbonyl (C=O) groups is 3. The van der Waals surface area contributed by atoms with E-state index in [-0.39, 0.29) is 22.9 Å². The maximum absolute atomic E-state index is 13.2. The molecule has 0 spiro atoms. The third-order valence-corrected chi connectivity index (χ3v) is 8.25. The van der Waals surface area contributed by atoms with Gasteiger partial charge in [0.25, 0.3) is 17.9 Å². The van der Waals surface area contributed by atoms with Crippen molar-refractivity contribution in [3.05, 3.63) is 41.4 Å². The Hall–Kier alpha value is -4.63. The lowest BCUT2D eigenvalue weighted by molar-refractivity contribution is -0.218. The molecule has 2 atom stereocenters. The summed E-state index contributed by atoms with van der Waals surface area (Å²) >= 11 is 0.958. The van der Waals surface area contributed by atoms with Crippen LogP contribution < -0.4 is 26.8 Å². The summed E-state index contributed by atoms with van der Waals surface area (Å²) in [4.78, 5) is 51.4. The summed E-state index contributed by atoms with van der Waals surface area (Å²) in [6.07, 6.45) is 0.0625. The van der Waals surface area contributed by atoms with E-state index in [4.69, 9.17) is 25.6 Å². The number of aliphatic carboxylic acids is 1. The van der Waals surface area contributed by atoms with Crippen LogP contribution in [0.25, 0.3) is 10.9 Å². The van der Waals surface area contributed by atoms with Crippen LogP contribution in [0.1, 0.15) is 32.4 Å². The minimum atomic E-state index is -5.02. The average molecular weight is 679 g/mol. The van der Waals surface area contributed by atoms with Crippen LogP contribution in [0.5, 0.6) is 5.75 Å². The predicted molar refractivity (Wildman–Crippen MR) is 163 cm³/mol. The van der Waals surface area contributed by atoms with Crippen LogP contribution in [-0.4, -0.2) is 93.0 Å². The number of nitrogens with zero attached hydrogens (tertiary/aromatic N) is 4. The Bertz CT molecular complexity index is 1810. The molecule has 1 aliphatic heterocycles. The number of nitrogen functional groups attached to an aromatic ring is 1. The van der Waals surface area contributed by atoms with Gasteiger partial charge in [-0.15, -0.1) is 15.6 Å². The van der Waals surface area contributed by atoms with E-state index in [9.17, 15) is 27.9 Å². The number of thiazole rings is 1. The summed E-state index contributed by atoms with van der Waals surface area (Å²) in [5.41, 5.74) is 10.2. The molecule has 246 valence electrons. The van der Waals surface area contributed by atoms with E-state index in [1.807, 2.05) is 12.1 Å². The first-order chi connectivity index (χ1) is 21.6. The molecule has 2 aliphatic rings. The van der Waals surface area contributed by atoms with Gasteiger partial charge in [-0.25, -0.2) is 14.8 Å². The summed E-state index contributed by atoms with van der Waals surface area (Å²) in [6.45, 7) is 2.21. The number of oxime groups is 1. The SMILES string of the molecule is CC1(C)C(NC(=O)/C(=N\O[C@@H](COc2ccc3nc(NC4CC(N)C4)ccc3c2)C(=O)O)c2csc(N)n2)C(=O)N1OS(=O)(=O)O. The van der Waals surface area contributed by atoms with Crippen LogP contribution in [0, 0.1) is 0 Å². The number of carboxylic acid groups (broad SMARTS) is 1. The summed E-state index contributed by atoms with van der Waals surface area (Å²) in [5.74, 6) is -2.43. The lowest BCUT2D eigenvalue weighted by atomic mass is 9.84. The van der Waals surface area contributed by atoms with Gasteiger partial charge < -0.3 is 36.8 Å². The van der Waals surface area contributed by atoms with Gasteiger partial charge in [-0.2, -0.15) is 13.5 Å². The Balaban J connectivity index is 1.26. The van der Waals surface area contributed by atoms with Crippen molar-refractivity contribution in [2.24, 2.45) is 10.9 Å². The Morgan fingerprint density at radius 2 is 1.98 bits per heavy atom. The first kappa shape index (κ1) is 32.8. The molecule has 2 fully saturated rings. The molecule has 3 heterocycles. The van der Waals surface area contributed by atoms with Gasteiger partial charge in [0.15, 0.2) is 10.8 Å². The second-order valence-corrected chi connectivity index (χ2v) is 13.0. The van der Waals surface area contributed by atoms with E-state index in [0.29, 0.717) is 22.1 Å². The third-order valence-electron chi connectivity index (χ3n) is 7.24. The van der Waals surface area contributed by atoms with E-state index >= 15 is 0 Å². The molecular weight excluding hydrogens is 648 g/mol. The Morgan fingerprint density at radius 1 is 1.24 bits per heavy atom. The molecule has 1 saturated heterocycles. The predicted octanol–water partition coefficient (Wildman–Crippen LogP) is 0.268. The van der Waals surface area contributed by atoms with Crippen LogP contribution in [0.2, 0.25) is 0 Å². The second-order valence-electron chi connectivity index (χ2n) is 11.1. The van der Waals surface area contributed by atoms with E-state index in [0.717, 1.165) is 29.6 Å². The van der Waals surface area contributed by atoms with Gasteiger partial charge in [0.1, 0.15) is 29.9 Å². The molecule has 1 saturated carbocycles. The summed E-state index contributed by atoms with van der Waals surface area (Å²) in [5, 5.41) is 21.7. The summed E-state index contributed by atoms with van der Waals surface area (Å²) in [6, 6.07) is 7.84. The standard InChI is InChI=1S/C26H30N8O10S2/c1-26(2)21(23(36)34(26)44-46(39,40)41)32-22(35)20(17-11-45-25(28)31-17)33-43-18(24(37)38)10-42-15-4-5-16-12(7-15)3-6-19(30-16)29-14-8-13(27)9-14/h3-7,11,13-14,18,21H,8-10,27H2,1-2H3,(H2,28,31)(H,29,30)(H,32,35)(H,37,38)(H,39,40,41)/b33-20-/t13?,14?,18-,21?/m0/s1. The number of ether oxygens (including phenoxy) is 1. The minimum Gasteiger partial charge on any atom is -0.489 e. The molecule has 0 bridgehead atoms. The normalized spacial score (nSPS) is 21.6. The molecule has 3 aromatic rings. The number of rotatable bonds is 13. The Morgan fingerprint density at radius 3 is 2.59 bits per heavy atom. The van der Waals surface area contributed by atoms with Crippen LogP contribution in [0.4, 0.5) is 10.9 Å². The largest absolute Gasteiger partial charge is 0.489 e. The molecule has 1 aromatic carbocycles. The minimum absolute atomic E-state index is 0.0577. The van der Waals surface area contributed by atoms with Gasteiger partial charge >= 0.3 is 16.4 Å². The van der Waals surface area contributed by atoms with Crippen molar-refractivity contribution in [1.29, 1.82) is 0 Å². The molecular formula is C26H30N8O10S2. The highest BCUT2D eigenvalue weighted by Gasteiger charge is 2.58. The number of hydroxylamine groups is 2. The number of anilines is 2. The summed E-state index contributed by atoms with van der Waals surface area (Å²) < 4.78 is 41.1. The van der Waals surface area contributed by atoms with Crippen LogP contribution >= 0.6 is 11.3 Å². The topological polar surface area (TPSA) is 271 Å².